The maximum atomic E-state index is 10.2. The van der Waals surface area contributed by atoms with E-state index in [-0.39, 0.29) is 6.54 Å². The van der Waals surface area contributed by atoms with Crippen LogP contribution in [0.2, 0.25) is 0 Å². The molecule has 0 unspecified atom stereocenters. The Morgan fingerprint density at radius 2 is 2.25 bits per heavy atom. The predicted octanol–water partition coefficient (Wildman–Crippen LogP) is 0.244. The van der Waals surface area contributed by atoms with Gasteiger partial charge in [0.2, 0.25) is 0 Å². The second-order valence-corrected chi connectivity index (χ2v) is 6.42. The Kier molecular flexibility index (Phi) is 3.64. The number of aliphatic hydroxyl groups excluding tert-OH is 2. The van der Waals surface area contributed by atoms with Crippen LogP contribution < -0.4 is 0 Å². The fourth-order valence-corrected chi connectivity index (χ4v) is 2.90. The lowest BCUT2D eigenvalue weighted by atomic mass is 10.1. The monoisotopic (exact) mass is 348 g/mol. The Bertz CT molecular complexity index is 494. The number of aliphatic hydroxyl groups is 2. The number of aromatic nitrogens is 2. The molecule has 7 nitrogen and oxygen atoms in total. The van der Waals surface area contributed by atoms with Crippen LogP contribution in [0.3, 0.4) is 0 Å². The van der Waals surface area contributed by atoms with Crippen LogP contribution in [0.15, 0.2) is 16.9 Å². The molecule has 2 fully saturated rings. The molecule has 2 aliphatic rings. The molecule has 2 N–H and O–H groups in total. The summed E-state index contributed by atoms with van der Waals surface area (Å²) in [6.07, 6.45) is -0.459. The first-order chi connectivity index (χ1) is 9.35. The Hall–Kier alpha value is -0.510. The third-order valence-electron chi connectivity index (χ3n) is 3.41. The molecule has 8 heteroatoms. The molecule has 0 saturated carbocycles. The number of halogens is 1. The van der Waals surface area contributed by atoms with Crippen LogP contribution in [-0.2, 0) is 20.8 Å². The van der Waals surface area contributed by atoms with Crippen molar-refractivity contribution in [3.63, 3.8) is 0 Å². The third-order valence-corrected chi connectivity index (χ3v) is 3.82. The molecule has 112 valence electrons. The van der Waals surface area contributed by atoms with Crippen molar-refractivity contribution in [2.75, 3.05) is 0 Å². The average molecular weight is 349 g/mol. The van der Waals surface area contributed by atoms with Crippen molar-refractivity contribution in [3.05, 3.63) is 16.9 Å². The standard InChI is InChI=1S/C12H17BrN2O5/c1-12(2)19-10-8(17)9(18-11(10)20-12)7(16)5-15-4-6(13)3-14-15/h3-4,7-11,16-17H,5H2,1-2H3/t7-,8-,9-,10+,11+/m1/s1. The highest BCUT2D eigenvalue weighted by Gasteiger charge is 2.55. The predicted molar refractivity (Wildman–Crippen MR) is 70.6 cm³/mol. The molecule has 2 aliphatic heterocycles. The normalized spacial score (nSPS) is 37.0. The van der Waals surface area contributed by atoms with E-state index in [0.717, 1.165) is 4.47 Å². The van der Waals surface area contributed by atoms with Crippen LogP contribution in [0.1, 0.15) is 13.8 Å². The maximum absolute atomic E-state index is 10.2. The van der Waals surface area contributed by atoms with Gasteiger partial charge in [0.1, 0.15) is 24.4 Å². The van der Waals surface area contributed by atoms with Gasteiger partial charge in [-0.15, -0.1) is 0 Å². The van der Waals surface area contributed by atoms with Crippen molar-refractivity contribution in [1.29, 1.82) is 0 Å². The lowest BCUT2D eigenvalue weighted by molar-refractivity contribution is -0.226. The smallest absolute Gasteiger partial charge is 0.190 e. The van der Waals surface area contributed by atoms with E-state index < -0.39 is 36.5 Å². The van der Waals surface area contributed by atoms with Gasteiger partial charge in [0.25, 0.3) is 0 Å². The fraction of sp³-hybridized carbons (Fsp3) is 0.750. The lowest BCUT2D eigenvalue weighted by Crippen LogP contribution is -2.42. The summed E-state index contributed by atoms with van der Waals surface area (Å²) in [5.74, 6) is -0.779. The van der Waals surface area contributed by atoms with Crippen LogP contribution in [0.25, 0.3) is 0 Å². The molecular weight excluding hydrogens is 332 g/mol. The Morgan fingerprint density at radius 1 is 1.50 bits per heavy atom. The molecule has 2 saturated heterocycles. The molecule has 20 heavy (non-hydrogen) atoms. The zero-order chi connectivity index (χ0) is 14.5. The summed E-state index contributed by atoms with van der Waals surface area (Å²) >= 11 is 3.28. The molecule has 1 aromatic heterocycles. The van der Waals surface area contributed by atoms with E-state index in [1.807, 2.05) is 0 Å². The number of hydrogen-bond acceptors (Lipinski definition) is 6. The third kappa shape index (κ3) is 2.63. The summed E-state index contributed by atoms with van der Waals surface area (Å²) in [5, 5.41) is 24.5. The zero-order valence-electron chi connectivity index (χ0n) is 11.1. The van der Waals surface area contributed by atoms with Crippen LogP contribution in [0, 0.1) is 0 Å². The van der Waals surface area contributed by atoms with Gasteiger partial charge in [-0.1, -0.05) is 0 Å². The first-order valence-corrected chi connectivity index (χ1v) is 7.20. The van der Waals surface area contributed by atoms with Gasteiger partial charge < -0.3 is 24.4 Å². The van der Waals surface area contributed by atoms with E-state index in [0.29, 0.717) is 0 Å². The van der Waals surface area contributed by atoms with Crippen LogP contribution >= 0.6 is 15.9 Å². The molecule has 0 radical (unpaired) electrons. The molecule has 0 aromatic carbocycles. The number of ether oxygens (including phenoxy) is 3. The van der Waals surface area contributed by atoms with Crippen LogP contribution in [-0.4, -0.2) is 56.5 Å². The van der Waals surface area contributed by atoms with E-state index in [9.17, 15) is 10.2 Å². The lowest BCUT2D eigenvalue weighted by Gasteiger charge is -2.25. The van der Waals surface area contributed by atoms with Gasteiger partial charge >= 0.3 is 0 Å². The van der Waals surface area contributed by atoms with E-state index in [1.54, 1.807) is 30.9 Å². The average Bonchev–Trinajstić information content (AvgIpc) is 2.95. The maximum Gasteiger partial charge on any atom is 0.190 e. The van der Waals surface area contributed by atoms with Gasteiger partial charge in [-0.25, -0.2) is 0 Å². The summed E-state index contributed by atoms with van der Waals surface area (Å²) in [7, 11) is 0. The molecule has 3 rings (SSSR count). The second kappa shape index (κ2) is 5.04. The molecule has 0 aliphatic carbocycles. The second-order valence-electron chi connectivity index (χ2n) is 5.51. The number of hydrogen-bond donors (Lipinski definition) is 2. The molecule has 3 heterocycles. The van der Waals surface area contributed by atoms with Gasteiger partial charge in [0.15, 0.2) is 12.1 Å². The summed E-state index contributed by atoms with van der Waals surface area (Å²) in [6.45, 7) is 3.73. The highest BCUT2D eigenvalue weighted by Crippen LogP contribution is 2.38. The molecule has 5 atom stereocenters. The van der Waals surface area contributed by atoms with Crippen molar-refractivity contribution in [1.82, 2.24) is 9.78 Å². The molecule has 1 aromatic rings. The topological polar surface area (TPSA) is 86.0 Å². The van der Waals surface area contributed by atoms with Gasteiger partial charge in [0.05, 0.1) is 17.2 Å². The van der Waals surface area contributed by atoms with E-state index in [4.69, 9.17) is 14.2 Å². The number of fused-ring (bicyclic) bond motifs is 1. The number of rotatable bonds is 3. The largest absolute Gasteiger partial charge is 0.388 e. The van der Waals surface area contributed by atoms with Crippen molar-refractivity contribution in [2.45, 2.75) is 56.9 Å². The van der Waals surface area contributed by atoms with Crippen LogP contribution in [0.4, 0.5) is 0 Å². The zero-order valence-corrected chi connectivity index (χ0v) is 12.7. The van der Waals surface area contributed by atoms with Gasteiger partial charge in [-0.2, -0.15) is 5.10 Å². The molecular formula is C12H17BrN2O5. The highest BCUT2D eigenvalue weighted by atomic mass is 79.9. The minimum atomic E-state index is -0.934. The van der Waals surface area contributed by atoms with Crippen molar-refractivity contribution < 1.29 is 24.4 Å². The minimum absolute atomic E-state index is 0.218. The Balaban J connectivity index is 1.64. The first kappa shape index (κ1) is 14.4. The van der Waals surface area contributed by atoms with Gasteiger partial charge in [0, 0.05) is 6.20 Å². The summed E-state index contributed by atoms with van der Waals surface area (Å²) in [6, 6.07) is 0. The Labute approximate surface area is 124 Å². The summed E-state index contributed by atoms with van der Waals surface area (Å²) in [5.41, 5.74) is 0. The summed E-state index contributed by atoms with van der Waals surface area (Å²) in [4.78, 5) is 0. The van der Waals surface area contributed by atoms with Gasteiger partial charge in [-0.3, -0.25) is 4.68 Å². The first-order valence-electron chi connectivity index (χ1n) is 6.41. The SMILES string of the molecule is CC1(C)O[C@@H]2O[C@H]([C@H](O)Cn3cc(Br)cn3)[C@@H](O)[C@@H]2O1. The van der Waals surface area contributed by atoms with Crippen LogP contribution in [0.5, 0.6) is 0 Å². The molecule has 0 amide bonds. The van der Waals surface area contributed by atoms with Crippen molar-refractivity contribution >= 4 is 15.9 Å². The molecule has 0 spiro atoms. The van der Waals surface area contributed by atoms with E-state index in [2.05, 4.69) is 21.0 Å². The van der Waals surface area contributed by atoms with Gasteiger partial charge in [-0.05, 0) is 29.8 Å². The van der Waals surface area contributed by atoms with Crippen molar-refractivity contribution in [2.24, 2.45) is 0 Å². The number of nitrogens with zero attached hydrogens (tertiary/aromatic N) is 2. The minimum Gasteiger partial charge on any atom is -0.388 e. The molecule has 0 bridgehead atoms. The highest BCUT2D eigenvalue weighted by molar-refractivity contribution is 9.10. The van der Waals surface area contributed by atoms with Crippen molar-refractivity contribution in [3.8, 4) is 0 Å². The fourth-order valence-electron chi connectivity index (χ4n) is 2.57. The summed E-state index contributed by atoms with van der Waals surface area (Å²) < 4.78 is 19.1. The van der Waals surface area contributed by atoms with E-state index in [1.165, 1.54) is 0 Å². The quantitative estimate of drug-likeness (QED) is 0.813. The van der Waals surface area contributed by atoms with E-state index >= 15 is 0 Å². The Morgan fingerprint density at radius 3 is 2.85 bits per heavy atom.